The highest BCUT2D eigenvalue weighted by Crippen LogP contribution is 2.27. The maximum Gasteiger partial charge on any atom is 0.321 e. The minimum atomic E-state index is -2.01. The van der Waals surface area contributed by atoms with Crippen molar-refractivity contribution in [2.45, 2.75) is 25.1 Å². The van der Waals surface area contributed by atoms with Gasteiger partial charge in [0.05, 0.1) is 5.69 Å². The summed E-state index contributed by atoms with van der Waals surface area (Å²) < 4.78 is 28.6. The Balaban J connectivity index is 1.51. The van der Waals surface area contributed by atoms with Crippen LogP contribution in [0.2, 0.25) is 0 Å². The van der Waals surface area contributed by atoms with Crippen LogP contribution in [0.4, 0.5) is 19.3 Å². The first-order chi connectivity index (χ1) is 13.0. The van der Waals surface area contributed by atoms with Gasteiger partial charge in [0.15, 0.2) is 5.67 Å². The predicted molar refractivity (Wildman–Crippen MR) is 98.4 cm³/mol. The minimum absolute atomic E-state index is 0.0696. The Bertz CT molecular complexity index is 806. The Morgan fingerprint density at radius 2 is 1.63 bits per heavy atom. The van der Waals surface area contributed by atoms with E-state index in [1.807, 2.05) is 30.3 Å². The number of piperidine rings is 1. The zero-order valence-electron chi connectivity index (χ0n) is 14.8. The summed E-state index contributed by atoms with van der Waals surface area (Å²) in [5.74, 6) is -1.21. The first kappa shape index (κ1) is 18.8. The van der Waals surface area contributed by atoms with Crippen LogP contribution in [0.5, 0.6) is 0 Å². The van der Waals surface area contributed by atoms with Crippen molar-refractivity contribution < 1.29 is 18.4 Å². The van der Waals surface area contributed by atoms with Crippen molar-refractivity contribution in [1.82, 2.24) is 10.2 Å². The number of nitrogens with zero attached hydrogens (tertiary/aromatic N) is 1. The van der Waals surface area contributed by atoms with Gasteiger partial charge in [0.2, 0.25) is 0 Å². The number of anilines is 1. The second-order valence-corrected chi connectivity index (χ2v) is 6.53. The Kier molecular flexibility index (Phi) is 5.69. The van der Waals surface area contributed by atoms with Crippen LogP contribution >= 0.6 is 0 Å². The molecule has 0 aromatic heterocycles. The first-order valence-corrected chi connectivity index (χ1v) is 8.79. The molecule has 27 heavy (non-hydrogen) atoms. The second-order valence-electron chi connectivity index (χ2n) is 6.53. The van der Waals surface area contributed by atoms with E-state index < -0.39 is 23.4 Å². The third-order valence-electron chi connectivity index (χ3n) is 4.66. The topological polar surface area (TPSA) is 61.4 Å². The van der Waals surface area contributed by atoms with Gasteiger partial charge >= 0.3 is 6.03 Å². The van der Waals surface area contributed by atoms with Crippen molar-refractivity contribution in [1.29, 1.82) is 0 Å². The summed E-state index contributed by atoms with van der Waals surface area (Å²) >= 11 is 0. The van der Waals surface area contributed by atoms with Crippen molar-refractivity contribution >= 4 is 17.6 Å². The van der Waals surface area contributed by atoms with E-state index in [0.717, 1.165) is 5.56 Å². The van der Waals surface area contributed by atoms with Crippen LogP contribution in [0.25, 0.3) is 0 Å². The third-order valence-corrected chi connectivity index (χ3v) is 4.66. The second kappa shape index (κ2) is 8.16. The van der Waals surface area contributed by atoms with Crippen molar-refractivity contribution in [3.8, 4) is 0 Å². The molecular formula is C20H21F2N3O2. The number of likely N-dealkylation sites (tertiary alicyclic amines) is 1. The van der Waals surface area contributed by atoms with E-state index in [0.29, 0.717) is 0 Å². The van der Waals surface area contributed by atoms with Gasteiger partial charge in [0.1, 0.15) is 5.82 Å². The molecule has 7 heteroatoms. The summed E-state index contributed by atoms with van der Waals surface area (Å²) in [7, 11) is 0. The van der Waals surface area contributed by atoms with Gasteiger partial charge < -0.3 is 15.5 Å². The highest BCUT2D eigenvalue weighted by Gasteiger charge is 2.42. The molecule has 2 aromatic carbocycles. The number of nitrogens with one attached hydrogen (secondary N) is 2. The molecule has 2 N–H and O–H groups in total. The number of urea groups is 1. The minimum Gasteiger partial charge on any atom is -0.349 e. The molecule has 0 spiro atoms. The number of carbonyl (C=O) groups excluding carboxylic acids is 2. The predicted octanol–water partition coefficient (Wildman–Crippen LogP) is 3.48. The summed E-state index contributed by atoms with van der Waals surface area (Å²) in [6.07, 6.45) is -0.198. The van der Waals surface area contributed by atoms with E-state index in [4.69, 9.17) is 0 Å². The Morgan fingerprint density at radius 3 is 2.30 bits per heavy atom. The van der Waals surface area contributed by atoms with Crippen molar-refractivity contribution in [3.05, 3.63) is 66.0 Å². The number of halogens is 2. The molecule has 2 aromatic rings. The lowest BCUT2D eigenvalue weighted by Gasteiger charge is -2.35. The molecule has 0 radical (unpaired) electrons. The number of hydrogen-bond donors (Lipinski definition) is 2. The van der Waals surface area contributed by atoms with Crippen LogP contribution in [0.1, 0.15) is 18.4 Å². The summed E-state index contributed by atoms with van der Waals surface area (Å²) in [5, 5.41) is 5.09. The standard InChI is InChI=1S/C20H21F2N3O2/c21-16-8-4-5-9-17(16)24-19(27)25-12-10-20(22,11-13-25)18(26)23-14-15-6-2-1-3-7-15/h1-9H,10-14H2,(H,23,26)(H,24,27). The molecule has 1 aliphatic heterocycles. The Morgan fingerprint density at radius 1 is 1.00 bits per heavy atom. The molecule has 1 saturated heterocycles. The van der Waals surface area contributed by atoms with Crippen LogP contribution < -0.4 is 10.6 Å². The number of benzene rings is 2. The molecule has 0 aliphatic carbocycles. The number of hydrogen-bond acceptors (Lipinski definition) is 2. The van der Waals surface area contributed by atoms with Crippen LogP contribution in [0, 0.1) is 5.82 Å². The van der Waals surface area contributed by atoms with Gasteiger partial charge in [-0.2, -0.15) is 0 Å². The fraction of sp³-hybridized carbons (Fsp3) is 0.300. The quantitative estimate of drug-likeness (QED) is 0.862. The molecule has 5 nitrogen and oxygen atoms in total. The number of carbonyl (C=O) groups is 2. The van der Waals surface area contributed by atoms with Gasteiger partial charge in [-0.25, -0.2) is 13.6 Å². The van der Waals surface area contributed by atoms with Crippen molar-refractivity contribution in [2.24, 2.45) is 0 Å². The highest BCUT2D eigenvalue weighted by molar-refractivity contribution is 5.90. The summed E-state index contributed by atoms with van der Waals surface area (Å²) in [4.78, 5) is 25.9. The largest absolute Gasteiger partial charge is 0.349 e. The molecule has 3 rings (SSSR count). The summed E-state index contributed by atoms with van der Waals surface area (Å²) in [5.41, 5.74) is -1.06. The van der Waals surface area contributed by atoms with Gasteiger partial charge in [-0.15, -0.1) is 0 Å². The van der Waals surface area contributed by atoms with Gasteiger partial charge in [0, 0.05) is 32.5 Å². The number of alkyl halides is 1. The molecule has 3 amide bonds. The fourth-order valence-electron chi connectivity index (χ4n) is 2.98. The van der Waals surface area contributed by atoms with Crippen LogP contribution in [-0.2, 0) is 11.3 Å². The van der Waals surface area contributed by atoms with Crippen LogP contribution in [0.3, 0.4) is 0 Å². The fourth-order valence-corrected chi connectivity index (χ4v) is 2.98. The molecule has 0 atom stereocenters. The number of amides is 3. The van der Waals surface area contributed by atoms with Crippen molar-refractivity contribution in [2.75, 3.05) is 18.4 Å². The third kappa shape index (κ3) is 4.61. The lowest BCUT2D eigenvalue weighted by molar-refractivity contribution is -0.135. The average molecular weight is 373 g/mol. The molecule has 0 unspecified atom stereocenters. The molecule has 1 heterocycles. The van der Waals surface area contributed by atoms with E-state index in [2.05, 4.69) is 10.6 Å². The zero-order valence-corrected chi connectivity index (χ0v) is 14.8. The number of rotatable bonds is 4. The van der Waals surface area contributed by atoms with Gasteiger partial charge in [-0.05, 0) is 17.7 Å². The van der Waals surface area contributed by atoms with E-state index in [9.17, 15) is 18.4 Å². The molecular weight excluding hydrogens is 352 g/mol. The van der Waals surface area contributed by atoms with Crippen LogP contribution in [-0.4, -0.2) is 35.6 Å². The summed E-state index contributed by atoms with van der Waals surface area (Å²) in [6, 6.07) is 14.6. The molecule has 142 valence electrons. The van der Waals surface area contributed by atoms with Gasteiger partial charge in [-0.3, -0.25) is 4.79 Å². The SMILES string of the molecule is O=C(Nc1ccccc1F)N1CCC(F)(C(=O)NCc2ccccc2)CC1. The maximum atomic E-state index is 15.0. The lowest BCUT2D eigenvalue weighted by atomic mass is 9.92. The first-order valence-electron chi connectivity index (χ1n) is 8.79. The number of para-hydroxylation sites is 1. The van der Waals surface area contributed by atoms with E-state index in [1.165, 1.54) is 23.1 Å². The van der Waals surface area contributed by atoms with E-state index >= 15 is 0 Å². The van der Waals surface area contributed by atoms with Crippen molar-refractivity contribution in [3.63, 3.8) is 0 Å². The Hall–Kier alpha value is -2.96. The Labute approximate surface area is 156 Å². The molecule has 0 bridgehead atoms. The molecule has 1 fully saturated rings. The molecule has 1 aliphatic rings. The smallest absolute Gasteiger partial charge is 0.321 e. The van der Waals surface area contributed by atoms with E-state index in [1.54, 1.807) is 6.07 Å². The van der Waals surface area contributed by atoms with Gasteiger partial charge in [0.25, 0.3) is 5.91 Å². The monoisotopic (exact) mass is 373 g/mol. The zero-order chi connectivity index (χ0) is 19.3. The summed E-state index contributed by atoms with van der Waals surface area (Å²) in [6.45, 7) is 0.411. The highest BCUT2D eigenvalue weighted by atomic mass is 19.1. The maximum absolute atomic E-state index is 15.0. The van der Waals surface area contributed by atoms with E-state index in [-0.39, 0.29) is 38.2 Å². The average Bonchev–Trinajstić information content (AvgIpc) is 2.69. The normalized spacial score (nSPS) is 15.9. The lowest BCUT2D eigenvalue weighted by Crippen LogP contribution is -2.52. The molecule has 0 saturated carbocycles. The van der Waals surface area contributed by atoms with Gasteiger partial charge in [-0.1, -0.05) is 42.5 Å². The van der Waals surface area contributed by atoms with Crippen LogP contribution in [0.15, 0.2) is 54.6 Å².